The number of rotatable bonds is 7. The molecule has 0 aliphatic rings. The molecule has 0 bridgehead atoms. The summed E-state index contributed by atoms with van der Waals surface area (Å²) in [6, 6.07) is 8.42. The molecule has 1 heterocycles. The molecule has 114 valence electrons. The van der Waals surface area contributed by atoms with Gasteiger partial charge in [-0.25, -0.2) is 4.98 Å². The fourth-order valence-corrected chi connectivity index (χ4v) is 2.98. The quantitative estimate of drug-likeness (QED) is 0.833. The maximum atomic E-state index is 4.36. The van der Waals surface area contributed by atoms with E-state index in [4.69, 9.17) is 0 Å². The van der Waals surface area contributed by atoms with E-state index in [1.54, 1.807) is 6.33 Å². The SMILES string of the molecule is CC(C)CNCC(Cc1ncnn1C)c1ccccc1Br. The number of hydrogen-bond donors (Lipinski definition) is 1. The molecule has 0 spiro atoms. The van der Waals surface area contributed by atoms with Crippen LogP contribution in [0.1, 0.15) is 31.2 Å². The number of halogens is 1. The van der Waals surface area contributed by atoms with Gasteiger partial charge in [0.1, 0.15) is 12.2 Å². The molecular weight excluding hydrogens is 328 g/mol. The molecule has 2 aromatic rings. The number of aromatic nitrogens is 3. The zero-order valence-electron chi connectivity index (χ0n) is 12.9. The van der Waals surface area contributed by atoms with Gasteiger partial charge in [0.15, 0.2) is 0 Å². The summed E-state index contributed by atoms with van der Waals surface area (Å²) in [6.07, 6.45) is 2.50. The van der Waals surface area contributed by atoms with Crippen LogP contribution in [-0.4, -0.2) is 27.9 Å². The van der Waals surface area contributed by atoms with Crippen molar-refractivity contribution in [1.82, 2.24) is 20.1 Å². The summed E-state index contributed by atoms with van der Waals surface area (Å²) >= 11 is 3.67. The summed E-state index contributed by atoms with van der Waals surface area (Å²) in [6.45, 7) is 6.42. The van der Waals surface area contributed by atoms with E-state index in [9.17, 15) is 0 Å². The van der Waals surface area contributed by atoms with Crippen LogP contribution >= 0.6 is 15.9 Å². The van der Waals surface area contributed by atoms with Gasteiger partial charge >= 0.3 is 0 Å². The van der Waals surface area contributed by atoms with E-state index in [1.807, 2.05) is 11.7 Å². The van der Waals surface area contributed by atoms with Crippen LogP contribution in [0.3, 0.4) is 0 Å². The monoisotopic (exact) mass is 350 g/mol. The molecule has 1 N–H and O–H groups in total. The van der Waals surface area contributed by atoms with Crippen molar-refractivity contribution in [3.63, 3.8) is 0 Å². The first-order valence-electron chi connectivity index (χ1n) is 7.36. The van der Waals surface area contributed by atoms with E-state index in [1.165, 1.54) is 5.56 Å². The average molecular weight is 351 g/mol. The van der Waals surface area contributed by atoms with E-state index in [2.05, 4.69) is 69.4 Å². The number of aryl methyl sites for hydroxylation is 1. The Morgan fingerprint density at radius 2 is 2.00 bits per heavy atom. The van der Waals surface area contributed by atoms with E-state index in [0.29, 0.717) is 11.8 Å². The number of nitrogens with one attached hydrogen (secondary N) is 1. The van der Waals surface area contributed by atoms with Crippen LogP contribution in [0, 0.1) is 5.92 Å². The highest BCUT2D eigenvalue weighted by Crippen LogP contribution is 2.27. The highest BCUT2D eigenvalue weighted by Gasteiger charge is 2.17. The average Bonchev–Trinajstić information content (AvgIpc) is 2.83. The van der Waals surface area contributed by atoms with Gasteiger partial charge in [-0.3, -0.25) is 4.68 Å². The molecular formula is C16H23BrN4. The van der Waals surface area contributed by atoms with Gasteiger partial charge in [-0.15, -0.1) is 0 Å². The zero-order chi connectivity index (χ0) is 15.2. The van der Waals surface area contributed by atoms with E-state index in [0.717, 1.165) is 29.8 Å². The van der Waals surface area contributed by atoms with Gasteiger partial charge in [0.05, 0.1) is 0 Å². The summed E-state index contributed by atoms with van der Waals surface area (Å²) < 4.78 is 3.01. The summed E-state index contributed by atoms with van der Waals surface area (Å²) in [5.74, 6) is 2.05. The van der Waals surface area contributed by atoms with Crippen molar-refractivity contribution < 1.29 is 0 Å². The lowest BCUT2D eigenvalue weighted by Gasteiger charge is -2.20. The predicted molar refractivity (Wildman–Crippen MR) is 89.3 cm³/mol. The van der Waals surface area contributed by atoms with Crippen molar-refractivity contribution in [3.8, 4) is 0 Å². The third kappa shape index (κ3) is 4.64. The maximum absolute atomic E-state index is 4.36. The van der Waals surface area contributed by atoms with E-state index < -0.39 is 0 Å². The zero-order valence-corrected chi connectivity index (χ0v) is 14.5. The van der Waals surface area contributed by atoms with E-state index in [-0.39, 0.29) is 0 Å². The second-order valence-corrected chi connectivity index (χ2v) is 6.63. The van der Waals surface area contributed by atoms with Crippen LogP contribution in [0.25, 0.3) is 0 Å². The van der Waals surface area contributed by atoms with Gasteiger partial charge in [-0.05, 0) is 24.1 Å². The first kappa shape index (κ1) is 16.2. The molecule has 1 aromatic carbocycles. The topological polar surface area (TPSA) is 42.7 Å². The van der Waals surface area contributed by atoms with Crippen LogP contribution in [0.4, 0.5) is 0 Å². The minimum Gasteiger partial charge on any atom is -0.316 e. The molecule has 0 fully saturated rings. The Morgan fingerprint density at radius 1 is 1.24 bits per heavy atom. The Hall–Kier alpha value is -1.20. The van der Waals surface area contributed by atoms with Gasteiger partial charge < -0.3 is 5.32 Å². The summed E-state index contributed by atoms with van der Waals surface area (Å²) in [5, 5.41) is 7.73. The van der Waals surface area contributed by atoms with Crippen molar-refractivity contribution in [3.05, 3.63) is 46.5 Å². The molecule has 0 saturated carbocycles. The van der Waals surface area contributed by atoms with E-state index >= 15 is 0 Å². The van der Waals surface area contributed by atoms with Crippen molar-refractivity contribution in [2.75, 3.05) is 13.1 Å². The summed E-state index contributed by atoms with van der Waals surface area (Å²) in [4.78, 5) is 4.36. The van der Waals surface area contributed by atoms with Crippen LogP contribution in [0.5, 0.6) is 0 Å². The third-order valence-electron chi connectivity index (χ3n) is 3.52. The second kappa shape index (κ2) is 7.71. The fourth-order valence-electron chi connectivity index (χ4n) is 2.37. The largest absolute Gasteiger partial charge is 0.316 e. The summed E-state index contributed by atoms with van der Waals surface area (Å²) in [5.41, 5.74) is 1.32. The highest BCUT2D eigenvalue weighted by molar-refractivity contribution is 9.10. The van der Waals surface area contributed by atoms with Gasteiger partial charge in [0.2, 0.25) is 0 Å². The first-order valence-corrected chi connectivity index (χ1v) is 8.15. The predicted octanol–water partition coefficient (Wildman–Crippen LogP) is 3.15. The lowest BCUT2D eigenvalue weighted by Crippen LogP contribution is -2.27. The standard InChI is InChI=1S/C16H23BrN4/c1-12(2)9-18-10-13(8-16-19-11-20-21(16)3)14-6-4-5-7-15(14)17/h4-7,11-13,18H,8-10H2,1-3H3. The Morgan fingerprint density at radius 3 is 2.62 bits per heavy atom. The van der Waals surface area contributed by atoms with Crippen LogP contribution in [0.15, 0.2) is 35.1 Å². The molecule has 0 saturated heterocycles. The Kier molecular flexibility index (Phi) is 5.94. The Labute approximate surface area is 135 Å². The van der Waals surface area contributed by atoms with Gasteiger partial charge in [0, 0.05) is 30.4 Å². The normalized spacial score (nSPS) is 12.8. The molecule has 0 aliphatic carbocycles. The third-order valence-corrected chi connectivity index (χ3v) is 4.24. The molecule has 21 heavy (non-hydrogen) atoms. The van der Waals surface area contributed by atoms with Crippen LogP contribution in [-0.2, 0) is 13.5 Å². The number of hydrogen-bond acceptors (Lipinski definition) is 3. The van der Waals surface area contributed by atoms with Crippen LogP contribution in [0.2, 0.25) is 0 Å². The van der Waals surface area contributed by atoms with Crippen molar-refractivity contribution in [1.29, 1.82) is 0 Å². The minimum absolute atomic E-state index is 0.377. The highest BCUT2D eigenvalue weighted by atomic mass is 79.9. The molecule has 2 rings (SSSR count). The lowest BCUT2D eigenvalue weighted by atomic mass is 9.95. The van der Waals surface area contributed by atoms with Gasteiger partial charge in [0.25, 0.3) is 0 Å². The first-order chi connectivity index (χ1) is 10.1. The number of benzene rings is 1. The Bertz CT molecular complexity index is 565. The van der Waals surface area contributed by atoms with Gasteiger partial charge in [-0.1, -0.05) is 48.0 Å². The maximum Gasteiger partial charge on any atom is 0.138 e. The molecule has 1 atom stereocenters. The van der Waals surface area contributed by atoms with Crippen molar-refractivity contribution in [2.24, 2.45) is 13.0 Å². The molecule has 1 aromatic heterocycles. The minimum atomic E-state index is 0.377. The molecule has 0 amide bonds. The Balaban J connectivity index is 2.14. The molecule has 4 nitrogen and oxygen atoms in total. The molecule has 5 heteroatoms. The van der Waals surface area contributed by atoms with Gasteiger partial charge in [-0.2, -0.15) is 5.10 Å². The molecule has 0 aliphatic heterocycles. The summed E-state index contributed by atoms with van der Waals surface area (Å²) in [7, 11) is 1.95. The molecule has 1 unspecified atom stereocenters. The van der Waals surface area contributed by atoms with Crippen molar-refractivity contribution in [2.45, 2.75) is 26.2 Å². The van der Waals surface area contributed by atoms with Crippen molar-refractivity contribution >= 4 is 15.9 Å². The second-order valence-electron chi connectivity index (χ2n) is 5.77. The lowest BCUT2D eigenvalue weighted by molar-refractivity contribution is 0.503. The smallest absolute Gasteiger partial charge is 0.138 e. The molecule has 0 radical (unpaired) electrons. The fraction of sp³-hybridized carbons (Fsp3) is 0.500. The number of nitrogens with zero attached hydrogens (tertiary/aromatic N) is 3. The van der Waals surface area contributed by atoms with Crippen LogP contribution < -0.4 is 5.32 Å².